The number of ether oxygens (including phenoxy) is 2. The van der Waals surface area contributed by atoms with Gasteiger partial charge in [0, 0.05) is 36.8 Å². The van der Waals surface area contributed by atoms with Crippen molar-refractivity contribution < 1.29 is 19.1 Å². The third kappa shape index (κ3) is 7.52. The maximum atomic E-state index is 13.4. The summed E-state index contributed by atoms with van der Waals surface area (Å²) in [6.07, 6.45) is 1.52. The zero-order chi connectivity index (χ0) is 26.2. The fourth-order valence-electron chi connectivity index (χ4n) is 3.83. The highest BCUT2D eigenvalue weighted by Gasteiger charge is 2.29. The normalized spacial score (nSPS) is 14.7. The van der Waals surface area contributed by atoms with Crippen LogP contribution in [0.15, 0.2) is 71.3 Å². The van der Waals surface area contributed by atoms with Crippen molar-refractivity contribution in [2.24, 2.45) is 0 Å². The monoisotopic (exact) mass is 586 g/mol. The van der Waals surface area contributed by atoms with Crippen molar-refractivity contribution in [2.75, 3.05) is 39.8 Å². The number of hydrogen-bond acceptors (Lipinski definition) is 6. The van der Waals surface area contributed by atoms with Gasteiger partial charge in [-0.25, -0.2) is 4.98 Å². The van der Waals surface area contributed by atoms with E-state index in [0.29, 0.717) is 30.5 Å². The second-order valence-electron chi connectivity index (χ2n) is 8.69. The van der Waals surface area contributed by atoms with Gasteiger partial charge in [-0.15, -0.1) is 0 Å². The van der Waals surface area contributed by atoms with E-state index in [1.807, 2.05) is 37.4 Å². The van der Waals surface area contributed by atoms with Crippen molar-refractivity contribution in [2.45, 2.75) is 12.6 Å². The number of nitrogens with one attached hydrogen (secondary N) is 1. The van der Waals surface area contributed by atoms with Crippen LogP contribution in [-0.2, 0) is 16.1 Å². The number of carbonyl (C=O) groups excluding carboxylic acids is 2. The minimum atomic E-state index is -0.871. The largest absolute Gasteiger partial charge is 0.437 e. The van der Waals surface area contributed by atoms with Crippen molar-refractivity contribution in [1.29, 1.82) is 0 Å². The molecule has 1 atom stereocenters. The first-order valence-electron chi connectivity index (χ1n) is 11.9. The molecule has 1 aliphatic heterocycles. The molecule has 8 nitrogen and oxygen atoms in total. The molecule has 4 rings (SSSR count). The summed E-state index contributed by atoms with van der Waals surface area (Å²) >= 11 is 9.65. The van der Waals surface area contributed by atoms with Crippen molar-refractivity contribution in [1.82, 2.24) is 20.1 Å². The van der Waals surface area contributed by atoms with Gasteiger partial charge in [-0.3, -0.25) is 9.59 Å². The van der Waals surface area contributed by atoms with Gasteiger partial charge < -0.3 is 24.6 Å². The highest BCUT2D eigenvalue weighted by atomic mass is 79.9. The summed E-state index contributed by atoms with van der Waals surface area (Å²) in [5.41, 5.74) is 1.16. The molecule has 0 spiro atoms. The van der Waals surface area contributed by atoms with Gasteiger partial charge in [-0.2, -0.15) is 0 Å². The Kier molecular flexibility index (Phi) is 9.51. The van der Waals surface area contributed by atoms with Crippen LogP contribution >= 0.6 is 27.5 Å². The molecule has 0 saturated carbocycles. The summed E-state index contributed by atoms with van der Waals surface area (Å²) in [7, 11) is 2.02. The van der Waals surface area contributed by atoms with E-state index in [4.69, 9.17) is 21.1 Å². The summed E-state index contributed by atoms with van der Waals surface area (Å²) < 4.78 is 12.5. The van der Waals surface area contributed by atoms with Crippen molar-refractivity contribution in [3.63, 3.8) is 0 Å². The molecule has 1 fully saturated rings. The topological polar surface area (TPSA) is 84.0 Å². The lowest BCUT2D eigenvalue weighted by Crippen LogP contribution is -2.55. The van der Waals surface area contributed by atoms with Crippen molar-refractivity contribution >= 4 is 39.3 Å². The molecular weight excluding hydrogens is 560 g/mol. The van der Waals surface area contributed by atoms with E-state index in [2.05, 4.69) is 31.1 Å². The first kappa shape index (κ1) is 27.1. The van der Waals surface area contributed by atoms with Crippen LogP contribution in [0.25, 0.3) is 0 Å². The van der Waals surface area contributed by atoms with Crippen LogP contribution in [0.4, 0.5) is 0 Å². The Balaban J connectivity index is 1.49. The molecule has 0 aliphatic carbocycles. The molecule has 0 radical (unpaired) electrons. The maximum absolute atomic E-state index is 13.4. The number of piperazine rings is 1. The van der Waals surface area contributed by atoms with Crippen molar-refractivity contribution in [3.8, 4) is 11.6 Å². The number of carbonyl (C=O) groups is 2. The van der Waals surface area contributed by atoms with E-state index in [1.165, 1.54) is 6.20 Å². The standard InChI is InChI=1S/C27H28BrClN4O4/c1-32-12-14-33(15-13-32)27(35)23(18-36-17-19-6-3-2-4-7-19)31-25(34)21-8-5-11-30-26(21)37-24-10-9-20(28)16-22(24)29/h2-11,16,23H,12-15,17-18H2,1H3,(H,31,34)/t23-/m1/s1. The highest BCUT2D eigenvalue weighted by Crippen LogP contribution is 2.32. The van der Waals surface area contributed by atoms with Crippen LogP contribution in [0.5, 0.6) is 11.6 Å². The molecule has 2 amide bonds. The van der Waals surface area contributed by atoms with Gasteiger partial charge >= 0.3 is 0 Å². The zero-order valence-corrected chi connectivity index (χ0v) is 22.7. The second-order valence-corrected chi connectivity index (χ2v) is 10.0. The van der Waals surface area contributed by atoms with Crippen LogP contribution in [0.2, 0.25) is 5.02 Å². The fraction of sp³-hybridized carbons (Fsp3) is 0.296. The fourth-order valence-corrected chi connectivity index (χ4v) is 4.55. The Morgan fingerprint density at radius 2 is 1.84 bits per heavy atom. The number of rotatable bonds is 9. The average Bonchev–Trinajstić information content (AvgIpc) is 2.90. The zero-order valence-electron chi connectivity index (χ0n) is 20.4. The maximum Gasteiger partial charge on any atom is 0.257 e. The lowest BCUT2D eigenvalue weighted by atomic mass is 10.2. The number of likely N-dealkylation sites (N-methyl/N-ethyl adjacent to an activating group) is 1. The minimum Gasteiger partial charge on any atom is -0.437 e. The molecule has 1 saturated heterocycles. The third-order valence-electron chi connectivity index (χ3n) is 5.93. The van der Waals surface area contributed by atoms with E-state index in [-0.39, 0.29) is 24.0 Å². The molecule has 0 bridgehead atoms. The summed E-state index contributed by atoms with van der Waals surface area (Å²) in [6.45, 7) is 3.07. The van der Waals surface area contributed by atoms with Crippen LogP contribution in [0.1, 0.15) is 15.9 Å². The Bertz CT molecular complexity index is 1220. The molecular formula is C27H28BrClN4O4. The Hall–Kier alpha value is -2.98. The van der Waals surface area contributed by atoms with Crippen LogP contribution in [-0.4, -0.2) is 72.5 Å². The molecule has 37 heavy (non-hydrogen) atoms. The first-order valence-corrected chi connectivity index (χ1v) is 13.1. The molecule has 194 valence electrons. The van der Waals surface area contributed by atoms with Gasteiger partial charge in [0.25, 0.3) is 5.91 Å². The quantitative estimate of drug-likeness (QED) is 0.400. The molecule has 2 aromatic carbocycles. The van der Waals surface area contributed by atoms with E-state index in [1.54, 1.807) is 35.2 Å². The third-order valence-corrected chi connectivity index (χ3v) is 6.72. The molecule has 3 aromatic rings. The molecule has 1 aromatic heterocycles. The molecule has 0 unspecified atom stereocenters. The first-order chi connectivity index (χ1) is 17.9. The van der Waals surface area contributed by atoms with E-state index < -0.39 is 11.9 Å². The summed E-state index contributed by atoms with van der Waals surface area (Å²) in [4.78, 5) is 34.9. The van der Waals surface area contributed by atoms with Gasteiger partial charge in [0.1, 0.15) is 17.4 Å². The number of amides is 2. The molecule has 1 aliphatic rings. The Labute approximate surface area is 229 Å². The number of halogens is 2. The Morgan fingerprint density at radius 1 is 1.08 bits per heavy atom. The van der Waals surface area contributed by atoms with E-state index in [0.717, 1.165) is 23.1 Å². The SMILES string of the molecule is CN1CCN(C(=O)[C@@H](COCc2ccccc2)NC(=O)c2cccnc2Oc2ccc(Br)cc2Cl)CC1. The number of aromatic nitrogens is 1. The highest BCUT2D eigenvalue weighted by molar-refractivity contribution is 9.10. The van der Waals surface area contributed by atoms with Gasteiger partial charge in [0.2, 0.25) is 11.8 Å². The van der Waals surface area contributed by atoms with Crippen LogP contribution in [0, 0.1) is 0 Å². The van der Waals surface area contributed by atoms with Gasteiger partial charge in [-0.05, 0) is 42.9 Å². The summed E-state index contributed by atoms with van der Waals surface area (Å²) in [6, 6.07) is 17.2. The van der Waals surface area contributed by atoms with Crippen LogP contribution in [0.3, 0.4) is 0 Å². The van der Waals surface area contributed by atoms with Gasteiger partial charge in [-0.1, -0.05) is 57.9 Å². The second kappa shape index (κ2) is 13.0. The number of benzene rings is 2. The number of pyridine rings is 1. The molecule has 2 heterocycles. The number of nitrogens with zero attached hydrogens (tertiary/aromatic N) is 3. The number of hydrogen-bond donors (Lipinski definition) is 1. The molecule has 10 heteroatoms. The smallest absolute Gasteiger partial charge is 0.257 e. The lowest BCUT2D eigenvalue weighted by Gasteiger charge is -2.34. The van der Waals surface area contributed by atoms with Crippen molar-refractivity contribution in [3.05, 3.63) is 87.5 Å². The lowest BCUT2D eigenvalue weighted by molar-refractivity contribution is -0.136. The van der Waals surface area contributed by atoms with Crippen LogP contribution < -0.4 is 10.1 Å². The predicted octanol–water partition coefficient (Wildman–Crippen LogP) is 4.38. The van der Waals surface area contributed by atoms with E-state index in [9.17, 15) is 9.59 Å². The summed E-state index contributed by atoms with van der Waals surface area (Å²) in [5.74, 6) is -0.238. The molecule has 1 N–H and O–H groups in total. The van der Waals surface area contributed by atoms with Gasteiger partial charge in [0.05, 0.1) is 18.2 Å². The van der Waals surface area contributed by atoms with Gasteiger partial charge in [0.15, 0.2) is 0 Å². The predicted molar refractivity (Wildman–Crippen MR) is 145 cm³/mol. The summed E-state index contributed by atoms with van der Waals surface area (Å²) in [5, 5.41) is 3.21. The Morgan fingerprint density at radius 3 is 2.57 bits per heavy atom. The van der Waals surface area contributed by atoms with E-state index >= 15 is 0 Å². The minimum absolute atomic E-state index is 0.0286. The average molecular weight is 588 g/mol.